The largest absolute Gasteiger partial charge is 0.465 e. The molecule has 4 nitrogen and oxygen atoms in total. The SMILES string of the molecule is C=CCOC(c1cc(OC(C)OCC)cc(C(C)(O)C(F)(F)F)c1)(C(F)(F)F)C(F)(F)F. The van der Waals surface area contributed by atoms with E-state index in [1.165, 1.54) is 13.8 Å². The highest BCUT2D eigenvalue weighted by atomic mass is 19.4. The first-order valence-corrected chi connectivity index (χ1v) is 8.96. The first-order chi connectivity index (χ1) is 14.3. The van der Waals surface area contributed by atoms with Crippen molar-refractivity contribution in [2.24, 2.45) is 0 Å². The van der Waals surface area contributed by atoms with Crippen LogP contribution in [0.2, 0.25) is 0 Å². The Balaban J connectivity index is 3.97. The average molecular weight is 484 g/mol. The second-order valence-electron chi connectivity index (χ2n) is 6.73. The summed E-state index contributed by atoms with van der Waals surface area (Å²) in [5.74, 6) is -0.844. The summed E-state index contributed by atoms with van der Waals surface area (Å²) in [5.41, 5.74) is -12.0. The normalized spacial score (nSPS) is 16.4. The van der Waals surface area contributed by atoms with Crippen molar-refractivity contribution in [2.45, 2.75) is 56.8 Å². The zero-order valence-corrected chi connectivity index (χ0v) is 17.1. The maximum Gasteiger partial charge on any atom is 0.430 e. The molecule has 0 aliphatic rings. The van der Waals surface area contributed by atoms with Crippen LogP contribution in [-0.2, 0) is 20.7 Å². The summed E-state index contributed by atoms with van der Waals surface area (Å²) in [4.78, 5) is 0. The molecule has 2 atom stereocenters. The molecule has 1 aromatic carbocycles. The Morgan fingerprint density at radius 2 is 1.44 bits per heavy atom. The molecule has 0 aliphatic carbocycles. The highest BCUT2D eigenvalue weighted by Gasteiger charge is 2.73. The summed E-state index contributed by atoms with van der Waals surface area (Å²) in [5, 5.41) is 9.92. The van der Waals surface area contributed by atoms with E-state index in [2.05, 4.69) is 11.3 Å². The lowest BCUT2D eigenvalue weighted by Gasteiger charge is -2.38. The zero-order valence-electron chi connectivity index (χ0n) is 17.1. The highest BCUT2D eigenvalue weighted by Crippen LogP contribution is 2.54. The lowest BCUT2D eigenvalue weighted by atomic mass is 9.86. The van der Waals surface area contributed by atoms with Gasteiger partial charge < -0.3 is 19.3 Å². The van der Waals surface area contributed by atoms with E-state index in [1.54, 1.807) is 0 Å². The van der Waals surface area contributed by atoms with Crippen LogP contribution in [0.4, 0.5) is 39.5 Å². The third-order valence-electron chi connectivity index (χ3n) is 4.35. The molecule has 2 unspecified atom stereocenters. The van der Waals surface area contributed by atoms with E-state index in [1.807, 2.05) is 0 Å². The van der Waals surface area contributed by atoms with E-state index in [9.17, 15) is 44.6 Å². The number of hydrogen-bond acceptors (Lipinski definition) is 4. The van der Waals surface area contributed by atoms with E-state index in [0.29, 0.717) is 12.1 Å². The lowest BCUT2D eigenvalue weighted by molar-refractivity contribution is -0.387. The first kappa shape index (κ1) is 28.0. The minimum atomic E-state index is -6.17. The van der Waals surface area contributed by atoms with Gasteiger partial charge in [0.2, 0.25) is 0 Å². The fourth-order valence-corrected chi connectivity index (χ4v) is 2.69. The molecule has 32 heavy (non-hydrogen) atoms. The number of ether oxygens (including phenoxy) is 3. The minimum Gasteiger partial charge on any atom is -0.465 e. The topological polar surface area (TPSA) is 47.9 Å². The van der Waals surface area contributed by atoms with Crippen molar-refractivity contribution in [3.8, 4) is 5.75 Å². The van der Waals surface area contributed by atoms with Gasteiger partial charge in [-0.2, -0.15) is 39.5 Å². The van der Waals surface area contributed by atoms with Crippen LogP contribution >= 0.6 is 0 Å². The predicted molar refractivity (Wildman–Crippen MR) is 93.7 cm³/mol. The Labute approximate surface area is 177 Å². The van der Waals surface area contributed by atoms with Gasteiger partial charge in [-0.25, -0.2) is 0 Å². The fraction of sp³-hybridized carbons (Fsp3) is 0.579. The molecule has 0 amide bonds. The van der Waals surface area contributed by atoms with Crippen LogP contribution < -0.4 is 4.74 Å². The van der Waals surface area contributed by atoms with E-state index < -0.39 is 59.5 Å². The van der Waals surface area contributed by atoms with Crippen LogP contribution in [0.15, 0.2) is 30.9 Å². The van der Waals surface area contributed by atoms with Gasteiger partial charge in [0.1, 0.15) is 5.75 Å². The first-order valence-electron chi connectivity index (χ1n) is 8.96. The molecule has 0 bridgehead atoms. The molecular formula is C19H21F9O4. The molecule has 0 saturated heterocycles. The monoisotopic (exact) mass is 484 g/mol. The Morgan fingerprint density at radius 1 is 0.938 bits per heavy atom. The van der Waals surface area contributed by atoms with Crippen LogP contribution in [-0.4, -0.2) is 43.1 Å². The molecular weight excluding hydrogens is 463 g/mol. The number of hydrogen-bond donors (Lipinski definition) is 1. The molecule has 0 aliphatic heterocycles. The van der Waals surface area contributed by atoms with E-state index >= 15 is 0 Å². The molecule has 0 fully saturated rings. The number of aliphatic hydroxyl groups is 1. The second-order valence-corrected chi connectivity index (χ2v) is 6.73. The molecule has 1 aromatic rings. The summed E-state index contributed by atoms with van der Waals surface area (Å²) >= 11 is 0. The average Bonchev–Trinajstić information content (AvgIpc) is 2.59. The van der Waals surface area contributed by atoms with Crippen LogP contribution in [0, 0.1) is 0 Å². The molecule has 0 radical (unpaired) electrons. The highest BCUT2D eigenvalue weighted by molar-refractivity contribution is 5.42. The van der Waals surface area contributed by atoms with Crippen molar-refractivity contribution in [3.63, 3.8) is 0 Å². The van der Waals surface area contributed by atoms with Crippen molar-refractivity contribution < 1.29 is 58.8 Å². The van der Waals surface area contributed by atoms with Gasteiger partial charge >= 0.3 is 18.5 Å². The fourth-order valence-electron chi connectivity index (χ4n) is 2.69. The Morgan fingerprint density at radius 3 is 1.84 bits per heavy atom. The van der Waals surface area contributed by atoms with Gasteiger partial charge in [-0.15, -0.1) is 6.58 Å². The Bertz CT molecular complexity index is 768. The van der Waals surface area contributed by atoms with Crippen LogP contribution in [0.1, 0.15) is 31.9 Å². The van der Waals surface area contributed by atoms with E-state index in [0.717, 1.165) is 0 Å². The van der Waals surface area contributed by atoms with Gasteiger partial charge in [0, 0.05) is 12.2 Å². The zero-order chi connectivity index (χ0) is 25.2. The summed E-state index contributed by atoms with van der Waals surface area (Å²) in [7, 11) is 0. The van der Waals surface area contributed by atoms with Crippen molar-refractivity contribution in [2.75, 3.05) is 13.2 Å². The maximum atomic E-state index is 13.8. The molecule has 0 saturated carbocycles. The van der Waals surface area contributed by atoms with Gasteiger partial charge in [-0.3, -0.25) is 0 Å². The van der Waals surface area contributed by atoms with Gasteiger partial charge in [0.25, 0.3) is 5.60 Å². The van der Waals surface area contributed by atoms with Gasteiger partial charge in [-0.05, 0) is 44.5 Å². The van der Waals surface area contributed by atoms with Crippen LogP contribution in [0.3, 0.4) is 0 Å². The Hall–Kier alpha value is -1.99. The van der Waals surface area contributed by atoms with Crippen LogP contribution in [0.25, 0.3) is 0 Å². The van der Waals surface area contributed by atoms with Crippen molar-refractivity contribution in [1.82, 2.24) is 0 Å². The molecule has 13 heteroatoms. The lowest BCUT2D eigenvalue weighted by Crippen LogP contribution is -2.56. The van der Waals surface area contributed by atoms with Crippen molar-refractivity contribution >= 4 is 0 Å². The number of benzene rings is 1. The molecule has 0 aromatic heterocycles. The smallest absolute Gasteiger partial charge is 0.430 e. The number of rotatable bonds is 9. The predicted octanol–water partition coefficient (Wildman–Crippen LogP) is 5.74. The van der Waals surface area contributed by atoms with Gasteiger partial charge in [-0.1, -0.05) is 6.08 Å². The van der Waals surface area contributed by atoms with Crippen molar-refractivity contribution in [3.05, 3.63) is 42.0 Å². The van der Waals surface area contributed by atoms with Gasteiger partial charge in [0.15, 0.2) is 11.9 Å². The second kappa shape index (κ2) is 9.48. The summed E-state index contributed by atoms with van der Waals surface area (Å²) < 4.78 is 137. The quantitative estimate of drug-likeness (QED) is 0.276. The van der Waals surface area contributed by atoms with E-state index in [4.69, 9.17) is 9.47 Å². The maximum absolute atomic E-state index is 13.8. The van der Waals surface area contributed by atoms with Crippen molar-refractivity contribution in [1.29, 1.82) is 0 Å². The molecule has 184 valence electrons. The summed E-state index contributed by atoms with van der Waals surface area (Å²) in [6, 6.07) is 0.628. The van der Waals surface area contributed by atoms with Gasteiger partial charge in [0.05, 0.1) is 6.61 Å². The number of halogens is 9. The molecule has 1 rings (SSSR count). The molecule has 0 spiro atoms. The summed E-state index contributed by atoms with van der Waals surface area (Å²) in [6.07, 6.45) is -18.4. The minimum absolute atomic E-state index is 0.0193. The number of alkyl halides is 9. The Kier molecular flexibility index (Phi) is 8.30. The third-order valence-corrected chi connectivity index (χ3v) is 4.35. The van der Waals surface area contributed by atoms with E-state index in [-0.39, 0.29) is 25.7 Å². The standard InChI is InChI=1S/C19H21F9O4/c1-5-7-31-16(18(23,24)25,19(26,27)28)13-8-12(15(4,29)17(20,21)22)9-14(10-13)32-11(3)30-6-2/h5,8-11,29H,1,6-7H2,2-4H3. The van der Waals surface area contributed by atoms with Crippen LogP contribution in [0.5, 0.6) is 5.75 Å². The third kappa shape index (κ3) is 5.49. The summed E-state index contributed by atoms with van der Waals surface area (Å²) in [6.45, 7) is 4.66. The molecule has 0 heterocycles. The molecule has 1 N–H and O–H groups in total.